The van der Waals surface area contributed by atoms with Crippen LogP contribution in [0.15, 0.2) is 77.7 Å². The van der Waals surface area contributed by atoms with Crippen molar-refractivity contribution in [3.8, 4) is 0 Å². The summed E-state index contributed by atoms with van der Waals surface area (Å²) >= 11 is 5.80. The minimum atomic E-state index is -4.88. The average molecular weight is 624 g/mol. The summed E-state index contributed by atoms with van der Waals surface area (Å²) in [7, 11) is -4.54. The van der Waals surface area contributed by atoms with Gasteiger partial charge in [-0.25, -0.2) is 8.42 Å². The van der Waals surface area contributed by atoms with Gasteiger partial charge in [-0.05, 0) is 70.5 Å². The molecule has 42 heavy (non-hydrogen) atoms. The molecule has 1 N–H and O–H groups in total. The van der Waals surface area contributed by atoms with E-state index in [9.17, 15) is 31.2 Å². The summed E-state index contributed by atoms with van der Waals surface area (Å²) in [6.45, 7) is 7.79. The number of halogens is 4. The Morgan fingerprint density at radius 2 is 1.55 bits per heavy atom. The number of hydrogen-bond donors (Lipinski definition) is 1. The molecule has 0 aliphatic rings. The molecule has 0 bridgehead atoms. The number of benzene rings is 3. The number of rotatable bonds is 9. The van der Waals surface area contributed by atoms with Gasteiger partial charge in [-0.1, -0.05) is 59.6 Å². The first-order valence-electron chi connectivity index (χ1n) is 13.0. The fraction of sp³-hybridized carbons (Fsp3) is 0.333. The van der Waals surface area contributed by atoms with E-state index in [2.05, 4.69) is 5.32 Å². The van der Waals surface area contributed by atoms with Crippen molar-refractivity contribution >= 4 is 39.1 Å². The highest BCUT2D eigenvalue weighted by Crippen LogP contribution is 2.38. The van der Waals surface area contributed by atoms with Crippen LogP contribution < -0.4 is 9.62 Å². The maximum atomic E-state index is 13.9. The highest BCUT2D eigenvalue weighted by molar-refractivity contribution is 7.92. The second kappa shape index (κ2) is 12.7. The van der Waals surface area contributed by atoms with Crippen molar-refractivity contribution in [3.05, 3.63) is 94.5 Å². The Balaban J connectivity index is 2.11. The van der Waals surface area contributed by atoms with Gasteiger partial charge in [0.25, 0.3) is 10.0 Å². The summed E-state index contributed by atoms with van der Waals surface area (Å²) in [6, 6.07) is 15.8. The van der Waals surface area contributed by atoms with Crippen LogP contribution in [0.2, 0.25) is 5.02 Å². The summed E-state index contributed by atoms with van der Waals surface area (Å²) in [5, 5.41) is 2.19. The van der Waals surface area contributed by atoms with Crippen LogP contribution in [-0.2, 0) is 32.3 Å². The van der Waals surface area contributed by atoms with Crippen LogP contribution in [0.3, 0.4) is 0 Å². The van der Waals surface area contributed by atoms with Crippen molar-refractivity contribution in [1.29, 1.82) is 0 Å². The number of hydrogen-bond acceptors (Lipinski definition) is 4. The molecule has 226 valence electrons. The Labute approximate surface area is 249 Å². The van der Waals surface area contributed by atoms with Gasteiger partial charge in [0.1, 0.15) is 12.6 Å². The molecular formula is C30H33ClF3N3O4S. The van der Waals surface area contributed by atoms with E-state index in [1.54, 1.807) is 39.0 Å². The molecule has 0 unspecified atom stereocenters. The molecule has 0 heterocycles. The lowest BCUT2D eigenvalue weighted by Gasteiger charge is -2.33. The topological polar surface area (TPSA) is 86.8 Å². The molecule has 0 radical (unpaired) electrons. The van der Waals surface area contributed by atoms with E-state index in [4.69, 9.17) is 11.6 Å². The van der Waals surface area contributed by atoms with Gasteiger partial charge in [-0.15, -0.1) is 0 Å². The van der Waals surface area contributed by atoms with Crippen molar-refractivity contribution in [1.82, 2.24) is 10.2 Å². The molecule has 0 saturated heterocycles. The van der Waals surface area contributed by atoms with Crippen LogP contribution in [0.25, 0.3) is 0 Å². The number of alkyl halides is 3. The van der Waals surface area contributed by atoms with Crippen molar-refractivity contribution in [2.75, 3.05) is 10.8 Å². The molecule has 0 saturated carbocycles. The second-order valence-electron chi connectivity index (χ2n) is 10.9. The molecule has 1 atom stereocenters. The van der Waals surface area contributed by atoms with Gasteiger partial charge in [-0.3, -0.25) is 13.9 Å². The van der Waals surface area contributed by atoms with Crippen LogP contribution in [0.4, 0.5) is 18.9 Å². The number of nitrogens with zero attached hydrogens (tertiary/aromatic N) is 2. The van der Waals surface area contributed by atoms with Crippen molar-refractivity contribution in [2.24, 2.45) is 0 Å². The van der Waals surface area contributed by atoms with Crippen LogP contribution in [0.5, 0.6) is 0 Å². The van der Waals surface area contributed by atoms with Gasteiger partial charge in [0.05, 0.1) is 21.2 Å². The zero-order chi connectivity index (χ0) is 31.5. The zero-order valence-corrected chi connectivity index (χ0v) is 25.4. The van der Waals surface area contributed by atoms with E-state index >= 15 is 0 Å². The Morgan fingerprint density at radius 3 is 2.10 bits per heavy atom. The number of sulfonamides is 1. The normalized spacial score (nSPS) is 12.9. The molecule has 12 heteroatoms. The first kappa shape index (κ1) is 32.9. The molecule has 7 nitrogen and oxygen atoms in total. The maximum absolute atomic E-state index is 13.9. The lowest BCUT2D eigenvalue weighted by atomic mass is 10.1. The summed E-state index contributed by atoms with van der Waals surface area (Å²) in [5.41, 5.74) is -0.641. The molecule has 3 aromatic carbocycles. The summed E-state index contributed by atoms with van der Waals surface area (Å²) in [6.07, 6.45) is -4.88. The van der Waals surface area contributed by atoms with Gasteiger partial charge in [-0.2, -0.15) is 13.2 Å². The lowest BCUT2D eigenvalue weighted by molar-refractivity contribution is -0.140. The smallest absolute Gasteiger partial charge is 0.350 e. The van der Waals surface area contributed by atoms with Gasteiger partial charge in [0, 0.05) is 12.1 Å². The standard InChI is InChI=1S/C30H33ClF3N3O4S/c1-20-11-13-22(14-12-20)18-36(21(2)28(39)35-29(3,4)5)27(38)19-37(42(40,41)24-9-7-6-8-10-24)23-15-16-26(31)25(17-23)30(32,33)34/h6-17,21H,18-19H2,1-5H3,(H,35,39)/t21-/m1/s1. The fourth-order valence-electron chi connectivity index (χ4n) is 4.08. The first-order chi connectivity index (χ1) is 19.4. The molecule has 0 aromatic heterocycles. The number of anilines is 1. The SMILES string of the molecule is Cc1ccc(CN(C(=O)CN(c2ccc(Cl)c(C(F)(F)F)c2)S(=O)(=O)c2ccccc2)[C@H](C)C(=O)NC(C)(C)C)cc1. The molecule has 0 spiro atoms. The molecule has 0 fully saturated rings. The predicted molar refractivity (Wildman–Crippen MR) is 157 cm³/mol. The second-order valence-corrected chi connectivity index (χ2v) is 13.2. The summed E-state index contributed by atoms with van der Waals surface area (Å²) < 4.78 is 69.4. The fourth-order valence-corrected chi connectivity index (χ4v) is 5.73. The van der Waals surface area contributed by atoms with Crippen LogP contribution in [0.1, 0.15) is 44.4 Å². The molecule has 2 amide bonds. The van der Waals surface area contributed by atoms with E-state index < -0.39 is 62.4 Å². The number of amides is 2. The number of carbonyl (C=O) groups is 2. The first-order valence-corrected chi connectivity index (χ1v) is 14.8. The zero-order valence-electron chi connectivity index (χ0n) is 23.9. The van der Waals surface area contributed by atoms with Crippen molar-refractivity contribution < 1.29 is 31.2 Å². The van der Waals surface area contributed by atoms with Crippen LogP contribution in [0, 0.1) is 6.92 Å². The predicted octanol–water partition coefficient (Wildman–Crippen LogP) is 6.19. The van der Waals surface area contributed by atoms with E-state index in [1.165, 1.54) is 36.1 Å². The van der Waals surface area contributed by atoms with Crippen molar-refractivity contribution in [3.63, 3.8) is 0 Å². The van der Waals surface area contributed by atoms with Crippen molar-refractivity contribution in [2.45, 2.75) is 63.8 Å². The minimum Gasteiger partial charge on any atom is -0.350 e. The number of aryl methyl sites for hydroxylation is 1. The summed E-state index contributed by atoms with van der Waals surface area (Å²) in [4.78, 5) is 28.0. The third-order valence-electron chi connectivity index (χ3n) is 6.29. The van der Waals surface area contributed by atoms with E-state index in [0.717, 1.165) is 17.7 Å². The largest absolute Gasteiger partial charge is 0.417 e. The highest BCUT2D eigenvalue weighted by atomic mass is 35.5. The molecule has 3 aromatic rings. The van der Waals surface area contributed by atoms with Gasteiger partial charge in [0.15, 0.2) is 0 Å². The molecule has 0 aliphatic carbocycles. The number of nitrogens with one attached hydrogen (secondary N) is 1. The Morgan fingerprint density at radius 1 is 0.952 bits per heavy atom. The lowest BCUT2D eigenvalue weighted by Crippen LogP contribution is -2.54. The molecular weight excluding hydrogens is 591 g/mol. The van der Waals surface area contributed by atoms with Gasteiger partial charge >= 0.3 is 6.18 Å². The van der Waals surface area contributed by atoms with E-state index in [1.807, 2.05) is 19.1 Å². The Hall–Kier alpha value is -3.57. The number of carbonyl (C=O) groups excluding carboxylic acids is 2. The Kier molecular flexibility index (Phi) is 10.00. The van der Waals surface area contributed by atoms with Crippen LogP contribution in [-0.4, -0.2) is 43.3 Å². The highest BCUT2D eigenvalue weighted by Gasteiger charge is 2.37. The molecule has 0 aliphatic heterocycles. The average Bonchev–Trinajstić information content (AvgIpc) is 2.90. The quantitative estimate of drug-likeness (QED) is 0.308. The minimum absolute atomic E-state index is 0.0501. The third kappa shape index (κ3) is 8.25. The van der Waals surface area contributed by atoms with Crippen LogP contribution >= 0.6 is 11.6 Å². The Bertz CT molecular complexity index is 1520. The van der Waals surface area contributed by atoms with E-state index in [-0.39, 0.29) is 11.4 Å². The van der Waals surface area contributed by atoms with Gasteiger partial charge in [0.2, 0.25) is 11.8 Å². The third-order valence-corrected chi connectivity index (χ3v) is 8.41. The monoisotopic (exact) mass is 623 g/mol. The molecule has 3 rings (SSSR count). The summed E-state index contributed by atoms with van der Waals surface area (Å²) in [5.74, 6) is -1.28. The van der Waals surface area contributed by atoms with Gasteiger partial charge < -0.3 is 10.2 Å². The van der Waals surface area contributed by atoms with E-state index in [0.29, 0.717) is 15.9 Å². The maximum Gasteiger partial charge on any atom is 0.417 e.